The van der Waals surface area contributed by atoms with E-state index >= 15 is 0 Å². The summed E-state index contributed by atoms with van der Waals surface area (Å²) in [4.78, 5) is 42.1. The van der Waals surface area contributed by atoms with Crippen molar-refractivity contribution >= 4 is 35.2 Å². The van der Waals surface area contributed by atoms with Crippen LogP contribution >= 0.6 is 12.4 Å². The van der Waals surface area contributed by atoms with Gasteiger partial charge in [0.2, 0.25) is 5.91 Å². The van der Waals surface area contributed by atoms with E-state index in [1.807, 2.05) is 37.1 Å². The van der Waals surface area contributed by atoms with Crippen molar-refractivity contribution in [3.63, 3.8) is 0 Å². The molecule has 1 saturated heterocycles. The molecule has 1 fully saturated rings. The summed E-state index contributed by atoms with van der Waals surface area (Å²) in [7, 11) is 2.05. The Morgan fingerprint density at radius 3 is 2.39 bits per heavy atom. The topological polar surface area (TPSA) is 98.6 Å². The third-order valence-electron chi connectivity index (χ3n) is 6.37. The number of amides is 1. The highest BCUT2D eigenvalue weighted by atomic mass is 35.5. The summed E-state index contributed by atoms with van der Waals surface area (Å²) in [6, 6.07) is 9.66. The number of aromatic carboxylic acids is 1. The molecule has 4 rings (SSSR count). The number of hydrogen-bond donors (Lipinski definition) is 2. The van der Waals surface area contributed by atoms with E-state index in [1.54, 1.807) is 6.92 Å². The van der Waals surface area contributed by atoms with Gasteiger partial charge in [0.15, 0.2) is 0 Å². The van der Waals surface area contributed by atoms with Crippen LogP contribution in [0.15, 0.2) is 35.1 Å². The lowest BCUT2D eigenvalue weighted by atomic mass is 10.0. The van der Waals surface area contributed by atoms with E-state index < -0.39 is 11.5 Å². The van der Waals surface area contributed by atoms with Crippen molar-refractivity contribution in [1.82, 2.24) is 19.4 Å². The van der Waals surface area contributed by atoms with E-state index in [0.717, 1.165) is 54.8 Å². The van der Waals surface area contributed by atoms with Gasteiger partial charge < -0.3 is 19.6 Å². The van der Waals surface area contributed by atoms with Gasteiger partial charge in [0.05, 0.1) is 5.69 Å². The monoisotopic (exact) mass is 472 g/mol. The van der Waals surface area contributed by atoms with Gasteiger partial charge in [0.1, 0.15) is 5.56 Å². The number of carboxylic acid groups (broad SMARTS) is 1. The minimum atomic E-state index is -1.22. The number of rotatable bonds is 5. The number of carbonyl (C=O) groups is 2. The molecule has 3 aromatic rings. The van der Waals surface area contributed by atoms with E-state index in [1.165, 1.54) is 11.8 Å². The second kappa shape index (κ2) is 9.80. The molecule has 33 heavy (non-hydrogen) atoms. The van der Waals surface area contributed by atoms with E-state index in [4.69, 9.17) is 0 Å². The van der Waals surface area contributed by atoms with Gasteiger partial charge in [0, 0.05) is 63.3 Å². The zero-order valence-electron chi connectivity index (χ0n) is 19.1. The lowest BCUT2D eigenvalue weighted by Crippen LogP contribution is -2.47. The third-order valence-corrected chi connectivity index (χ3v) is 6.37. The van der Waals surface area contributed by atoms with E-state index in [0.29, 0.717) is 12.1 Å². The summed E-state index contributed by atoms with van der Waals surface area (Å²) in [5, 5.41) is 10.3. The Labute approximate surface area is 198 Å². The van der Waals surface area contributed by atoms with Crippen molar-refractivity contribution in [3.8, 4) is 11.3 Å². The summed E-state index contributed by atoms with van der Waals surface area (Å²) in [6.45, 7) is 7.56. The number of H-pyrrole nitrogens is 1. The molecule has 1 aromatic carbocycles. The first-order valence-corrected chi connectivity index (χ1v) is 10.8. The standard InChI is InChI=1S/C24H28N4O4.ClH/c1-4-16-13-20(24(31)32)23(30)25-22(16)17-5-6-21-18(11-17)12-19(26(21)3)14-27-7-9-28(10-8-27)15(2)29;/h5-6,11-13H,4,7-10,14H2,1-3H3,(H,25,30)(H,31,32);1H. The molecule has 0 atom stereocenters. The normalized spacial score (nSPS) is 14.3. The fraction of sp³-hybridized carbons (Fsp3) is 0.375. The number of carbonyl (C=O) groups excluding carboxylic acids is 1. The second-order valence-electron chi connectivity index (χ2n) is 8.32. The number of aromatic nitrogens is 2. The van der Waals surface area contributed by atoms with Crippen LogP contribution in [0.2, 0.25) is 0 Å². The van der Waals surface area contributed by atoms with Gasteiger partial charge in [-0.15, -0.1) is 12.4 Å². The zero-order chi connectivity index (χ0) is 23.0. The molecule has 0 aliphatic carbocycles. The Kier molecular flexibility index (Phi) is 7.29. The van der Waals surface area contributed by atoms with Gasteiger partial charge in [-0.2, -0.15) is 0 Å². The van der Waals surface area contributed by atoms with Gasteiger partial charge >= 0.3 is 5.97 Å². The van der Waals surface area contributed by atoms with Crippen LogP contribution in [0.1, 0.15) is 35.5 Å². The average Bonchev–Trinajstić information content (AvgIpc) is 3.08. The van der Waals surface area contributed by atoms with Crippen LogP contribution < -0.4 is 5.56 Å². The molecule has 0 spiro atoms. The summed E-state index contributed by atoms with van der Waals surface area (Å²) in [5.74, 6) is -1.09. The van der Waals surface area contributed by atoms with Crippen LogP contribution in [0.4, 0.5) is 0 Å². The quantitative estimate of drug-likeness (QED) is 0.595. The molecule has 1 aliphatic rings. The second-order valence-corrected chi connectivity index (χ2v) is 8.32. The first kappa shape index (κ1) is 24.5. The van der Waals surface area contributed by atoms with E-state index in [9.17, 15) is 19.5 Å². The van der Waals surface area contributed by atoms with Crippen molar-refractivity contribution in [2.75, 3.05) is 26.2 Å². The molecular weight excluding hydrogens is 444 g/mol. The summed E-state index contributed by atoms with van der Waals surface area (Å²) < 4.78 is 2.17. The number of hydrogen-bond acceptors (Lipinski definition) is 4. The molecule has 176 valence electrons. The van der Waals surface area contributed by atoms with Crippen molar-refractivity contribution < 1.29 is 14.7 Å². The van der Waals surface area contributed by atoms with Gasteiger partial charge in [-0.3, -0.25) is 14.5 Å². The minimum absolute atomic E-state index is 0. The molecule has 9 heteroatoms. The van der Waals surface area contributed by atoms with Gasteiger partial charge in [-0.1, -0.05) is 13.0 Å². The molecule has 0 saturated carbocycles. The van der Waals surface area contributed by atoms with Crippen LogP contribution in [0.25, 0.3) is 22.2 Å². The highest BCUT2D eigenvalue weighted by Gasteiger charge is 2.20. The number of halogens is 1. The molecule has 2 aromatic heterocycles. The molecule has 3 heterocycles. The number of carboxylic acids is 1. The first-order chi connectivity index (χ1) is 15.3. The number of fused-ring (bicyclic) bond motifs is 1. The Morgan fingerprint density at radius 2 is 1.79 bits per heavy atom. The van der Waals surface area contributed by atoms with Crippen molar-refractivity contribution in [1.29, 1.82) is 0 Å². The maximum absolute atomic E-state index is 12.3. The third kappa shape index (κ3) is 4.82. The SMILES string of the molecule is CCc1cc(C(=O)O)c(=O)[nH]c1-c1ccc2c(c1)cc(CN1CCN(C(C)=O)CC1)n2C.Cl. The summed E-state index contributed by atoms with van der Waals surface area (Å²) >= 11 is 0. The van der Waals surface area contributed by atoms with Gasteiger partial charge in [0.25, 0.3) is 5.56 Å². The van der Waals surface area contributed by atoms with Crippen LogP contribution in [0.3, 0.4) is 0 Å². The number of piperazine rings is 1. The fourth-order valence-electron chi connectivity index (χ4n) is 4.43. The Bertz CT molecular complexity index is 1260. The average molecular weight is 473 g/mol. The highest BCUT2D eigenvalue weighted by Crippen LogP contribution is 2.28. The molecule has 1 amide bonds. The molecule has 1 aliphatic heterocycles. The van der Waals surface area contributed by atoms with Gasteiger partial charge in [-0.25, -0.2) is 4.79 Å². The van der Waals surface area contributed by atoms with Crippen LogP contribution in [0.5, 0.6) is 0 Å². The lowest BCUT2D eigenvalue weighted by molar-refractivity contribution is -0.130. The number of pyridine rings is 1. The fourth-order valence-corrected chi connectivity index (χ4v) is 4.43. The maximum atomic E-state index is 12.3. The predicted octanol–water partition coefficient (Wildman–Crippen LogP) is 2.88. The smallest absolute Gasteiger partial charge is 0.341 e. The molecule has 8 nitrogen and oxygen atoms in total. The van der Waals surface area contributed by atoms with E-state index in [-0.39, 0.29) is 23.9 Å². The Morgan fingerprint density at radius 1 is 1.09 bits per heavy atom. The van der Waals surface area contributed by atoms with Crippen molar-refractivity contribution in [3.05, 3.63) is 57.5 Å². The number of nitrogens with one attached hydrogen (secondary N) is 1. The van der Waals surface area contributed by atoms with Crippen LogP contribution in [-0.4, -0.2) is 62.5 Å². The van der Waals surface area contributed by atoms with Gasteiger partial charge in [-0.05, 0) is 41.8 Å². The highest BCUT2D eigenvalue weighted by molar-refractivity contribution is 5.89. The number of aromatic amines is 1. The molecular formula is C24H29ClN4O4. The largest absolute Gasteiger partial charge is 0.477 e. The zero-order valence-corrected chi connectivity index (χ0v) is 19.9. The Balaban J connectivity index is 0.00000306. The lowest BCUT2D eigenvalue weighted by Gasteiger charge is -2.34. The summed E-state index contributed by atoms with van der Waals surface area (Å²) in [5.41, 5.74) is 3.75. The summed E-state index contributed by atoms with van der Waals surface area (Å²) in [6.07, 6.45) is 0.608. The Hall–Kier alpha value is -3.10. The van der Waals surface area contributed by atoms with E-state index in [2.05, 4.69) is 20.5 Å². The van der Waals surface area contributed by atoms with Crippen LogP contribution in [-0.2, 0) is 24.8 Å². The molecule has 0 radical (unpaired) electrons. The number of benzene rings is 1. The molecule has 2 N–H and O–H groups in total. The van der Waals surface area contributed by atoms with Crippen molar-refractivity contribution in [2.45, 2.75) is 26.8 Å². The van der Waals surface area contributed by atoms with Crippen LogP contribution in [0, 0.1) is 0 Å². The number of aryl methyl sites for hydroxylation is 2. The molecule has 0 bridgehead atoms. The minimum Gasteiger partial charge on any atom is -0.477 e. The molecule has 0 unspecified atom stereocenters. The first-order valence-electron chi connectivity index (χ1n) is 10.8. The number of nitrogens with zero attached hydrogens (tertiary/aromatic N) is 3. The maximum Gasteiger partial charge on any atom is 0.341 e. The van der Waals surface area contributed by atoms with Crippen molar-refractivity contribution in [2.24, 2.45) is 7.05 Å². The predicted molar refractivity (Wildman–Crippen MR) is 130 cm³/mol.